The first-order valence-corrected chi connectivity index (χ1v) is 10.3. The van der Waals surface area contributed by atoms with Gasteiger partial charge in [0, 0.05) is 12.1 Å². The zero-order valence-corrected chi connectivity index (χ0v) is 16.7. The lowest BCUT2D eigenvalue weighted by molar-refractivity contribution is -0.121. The van der Waals surface area contributed by atoms with E-state index in [0.717, 1.165) is 37.0 Å². The Labute approximate surface area is 174 Å². The Balaban J connectivity index is 1.46. The van der Waals surface area contributed by atoms with Crippen molar-refractivity contribution in [2.24, 2.45) is 0 Å². The molecule has 1 N–H and O–H groups in total. The maximum atomic E-state index is 13.5. The van der Waals surface area contributed by atoms with Crippen molar-refractivity contribution < 1.29 is 23.7 Å². The summed E-state index contributed by atoms with van der Waals surface area (Å²) in [6.07, 6.45) is 3.55. The molecule has 0 aromatic heterocycles. The molecule has 2 aliphatic heterocycles. The predicted molar refractivity (Wildman–Crippen MR) is 109 cm³/mol. The van der Waals surface area contributed by atoms with E-state index < -0.39 is 5.41 Å². The number of anilines is 1. The monoisotopic (exact) mass is 415 g/mol. The van der Waals surface area contributed by atoms with Crippen molar-refractivity contribution in [2.75, 3.05) is 31.7 Å². The Hall–Kier alpha value is -2.60. The number of amides is 1. The van der Waals surface area contributed by atoms with E-state index in [2.05, 4.69) is 5.32 Å². The number of carbonyl (C=O) groups is 1. The topological polar surface area (TPSA) is 66.0 Å². The normalized spacial score (nSPS) is 18.9. The first-order chi connectivity index (χ1) is 14.2. The van der Waals surface area contributed by atoms with Gasteiger partial charge in [0.2, 0.25) is 5.91 Å². The number of hydrogen-bond donors (Lipinski definition) is 1. The molecule has 6 nitrogen and oxygen atoms in total. The van der Waals surface area contributed by atoms with Gasteiger partial charge < -0.3 is 24.3 Å². The average Bonchev–Trinajstić information content (AvgIpc) is 3.25. The molecular formula is C22H22ClNO5. The fourth-order valence-corrected chi connectivity index (χ4v) is 4.57. The molecule has 29 heavy (non-hydrogen) atoms. The van der Waals surface area contributed by atoms with Gasteiger partial charge in [0.05, 0.1) is 16.1 Å². The second-order valence-corrected chi connectivity index (χ2v) is 7.98. The lowest BCUT2D eigenvalue weighted by Gasteiger charge is -2.30. The molecule has 0 spiro atoms. The highest BCUT2D eigenvalue weighted by molar-refractivity contribution is 6.34. The maximum absolute atomic E-state index is 13.5. The van der Waals surface area contributed by atoms with E-state index >= 15 is 0 Å². The van der Waals surface area contributed by atoms with Gasteiger partial charge in [-0.25, -0.2) is 0 Å². The number of nitrogens with one attached hydrogen (secondary N) is 1. The fraction of sp³-hybridized carbons (Fsp3) is 0.409. The van der Waals surface area contributed by atoms with Crippen LogP contribution in [0.3, 0.4) is 0 Å². The van der Waals surface area contributed by atoms with Crippen LogP contribution in [0.1, 0.15) is 31.2 Å². The van der Waals surface area contributed by atoms with Crippen molar-refractivity contribution in [3.8, 4) is 23.0 Å². The molecule has 1 amide bonds. The van der Waals surface area contributed by atoms with Gasteiger partial charge in [-0.05, 0) is 30.5 Å². The Bertz CT molecular complexity index is 954. The Morgan fingerprint density at radius 3 is 2.10 bits per heavy atom. The first kappa shape index (κ1) is 18.4. The summed E-state index contributed by atoms with van der Waals surface area (Å²) in [6.45, 7) is 2.02. The third-order valence-electron chi connectivity index (χ3n) is 5.87. The van der Waals surface area contributed by atoms with Gasteiger partial charge in [-0.1, -0.05) is 30.5 Å². The van der Waals surface area contributed by atoms with Crippen LogP contribution in [0.5, 0.6) is 23.0 Å². The van der Waals surface area contributed by atoms with Gasteiger partial charge in [-0.3, -0.25) is 4.79 Å². The van der Waals surface area contributed by atoms with Gasteiger partial charge in [-0.15, -0.1) is 0 Å². The molecule has 152 valence electrons. The Kier molecular flexibility index (Phi) is 4.66. The van der Waals surface area contributed by atoms with Crippen LogP contribution >= 0.6 is 11.6 Å². The molecule has 1 aliphatic carbocycles. The van der Waals surface area contributed by atoms with Crippen molar-refractivity contribution in [3.05, 3.63) is 40.9 Å². The van der Waals surface area contributed by atoms with E-state index in [4.69, 9.17) is 30.5 Å². The Morgan fingerprint density at radius 2 is 1.41 bits per heavy atom. The highest BCUT2D eigenvalue weighted by atomic mass is 35.5. The number of ether oxygens (including phenoxy) is 4. The van der Waals surface area contributed by atoms with Crippen LogP contribution < -0.4 is 24.3 Å². The van der Waals surface area contributed by atoms with Crippen molar-refractivity contribution >= 4 is 23.2 Å². The minimum atomic E-state index is -0.619. The van der Waals surface area contributed by atoms with Crippen LogP contribution in [-0.4, -0.2) is 32.3 Å². The molecule has 0 radical (unpaired) electrons. The molecule has 7 heteroatoms. The van der Waals surface area contributed by atoms with E-state index in [0.29, 0.717) is 54.4 Å². The smallest absolute Gasteiger partial charge is 0.235 e. The standard InChI is InChI=1S/C22H22ClNO5/c23-15-12-19-20(29-10-9-28-19)13-16(15)24-21(25)22(5-1-2-6-22)14-3-4-17-18(11-14)27-8-7-26-17/h3-4,11-13H,1-2,5-10H2,(H,24,25). The number of benzene rings is 2. The van der Waals surface area contributed by atoms with E-state index in [1.165, 1.54) is 0 Å². The first-order valence-electron chi connectivity index (χ1n) is 9.96. The summed E-state index contributed by atoms with van der Waals surface area (Å²) in [6, 6.07) is 9.25. The third-order valence-corrected chi connectivity index (χ3v) is 6.18. The van der Waals surface area contributed by atoms with E-state index in [9.17, 15) is 4.79 Å². The molecule has 2 aromatic carbocycles. The maximum Gasteiger partial charge on any atom is 0.235 e. The van der Waals surface area contributed by atoms with Crippen LogP contribution in [0.15, 0.2) is 30.3 Å². The number of carbonyl (C=O) groups excluding carboxylic acids is 1. The number of fused-ring (bicyclic) bond motifs is 2. The summed E-state index contributed by atoms with van der Waals surface area (Å²) >= 11 is 6.41. The quantitative estimate of drug-likeness (QED) is 0.808. The van der Waals surface area contributed by atoms with Crippen molar-refractivity contribution in [2.45, 2.75) is 31.1 Å². The summed E-state index contributed by atoms with van der Waals surface area (Å²) in [5.41, 5.74) is 0.863. The lowest BCUT2D eigenvalue weighted by atomic mass is 9.77. The number of halogens is 1. The lowest BCUT2D eigenvalue weighted by Crippen LogP contribution is -2.38. The van der Waals surface area contributed by atoms with Crippen LogP contribution in [-0.2, 0) is 10.2 Å². The van der Waals surface area contributed by atoms with E-state index in [-0.39, 0.29) is 5.91 Å². The third kappa shape index (κ3) is 3.25. The highest BCUT2D eigenvalue weighted by Crippen LogP contribution is 2.46. The molecule has 5 rings (SSSR count). The molecule has 2 aromatic rings. The molecular weight excluding hydrogens is 394 g/mol. The molecule has 1 saturated carbocycles. The fourth-order valence-electron chi connectivity index (χ4n) is 4.37. The van der Waals surface area contributed by atoms with Gasteiger partial charge in [-0.2, -0.15) is 0 Å². The summed E-state index contributed by atoms with van der Waals surface area (Å²) in [5, 5.41) is 3.47. The highest BCUT2D eigenvalue weighted by Gasteiger charge is 2.43. The molecule has 0 saturated heterocycles. The second kappa shape index (κ2) is 7.34. The summed E-state index contributed by atoms with van der Waals surface area (Å²) in [4.78, 5) is 13.5. The Morgan fingerprint density at radius 1 is 0.828 bits per heavy atom. The number of hydrogen-bond acceptors (Lipinski definition) is 5. The van der Waals surface area contributed by atoms with Crippen molar-refractivity contribution in [3.63, 3.8) is 0 Å². The van der Waals surface area contributed by atoms with Crippen LogP contribution in [0.2, 0.25) is 5.02 Å². The SMILES string of the molecule is O=C(Nc1cc2c(cc1Cl)OCCO2)C1(c2ccc3c(c2)OCCO3)CCCC1. The summed E-state index contributed by atoms with van der Waals surface area (Å²) in [7, 11) is 0. The number of rotatable bonds is 3. The van der Waals surface area contributed by atoms with E-state index in [1.807, 2.05) is 18.2 Å². The van der Waals surface area contributed by atoms with Crippen LogP contribution in [0.4, 0.5) is 5.69 Å². The zero-order valence-electron chi connectivity index (χ0n) is 16.0. The average molecular weight is 416 g/mol. The van der Waals surface area contributed by atoms with Crippen molar-refractivity contribution in [1.29, 1.82) is 0 Å². The van der Waals surface area contributed by atoms with Crippen LogP contribution in [0.25, 0.3) is 0 Å². The minimum Gasteiger partial charge on any atom is -0.486 e. The second-order valence-electron chi connectivity index (χ2n) is 7.58. The minimum absolute atomic E-state index is 0.0646. The largest absolute Gasteiger partial charge is 0.486 e. The van der Waals surface area contributed by atoms with Crippen molar-refractivity contribution in [1.82, 2.24) is 0 Å². The van der Waals surface area contributed by atoms with Gasteiger partial charge in [0.1, 0.15) is 26.4 Å². The molecule has 1 fully saturated rings. The van der Waals surface area contributed by atoms with Crippen LogP contribution in [0, 0.1) is 0 Å². The summed E-state index contributed by atoms with van der Waals surface area (Å²) < 4.78 is 22.6. The molecule has 2 heterocycles. The zero-order chi connectivity index (χ0) is 19.8. The molecule has 3 aliphatic rings. The van der Waals surface area contributed by atoms with Gasteiger partial charge >= 0.3 is 0 Å². The predicted octanol–water partition coefficient (Wildman–Crippen LogP) is 4.33. The van der Waals surface area contributed by atoms with Gasteiger partial charge in [0.25, 0.3) is 0 Å². The van der Waals surface area contributed by atoms with E-state index in [1.54, 1.807) is 12.1 Å². The molecule has 0 atom stereocenters. The van der Waals surface area contributed by atoms with Gasteiger partial charge in [0.15, 0.2) is 23.0 Å². The molecule has 0 unspecified atom stereocenters. The molecule has 0 bridgehead atoms. The summed E-state index contributed by atoms with van der Waals surface area (Å²) in [5.74, 6) is 2.55.